The van der Waals surface area contributed by atoms with Gasteiger partial charge in [-0.15, -0.1) is 0 Å². The van der Waals surface area contributed by atoms with Crippen LogP contribution in [-0.2, 0) is 5.41 Å². The molecule has 0 amide bonds. The van der Waals surface area contributed by atoms with Crippen LogP contribution in [0.4, 0.5) is 0 Å². The minimum absolute atomic E-state index is 0.213. The zero-order valence-electron chi connectivity index (χ0n) is 15.6. The van der Waals surface area contributed by atoms with Crippen molar-refractivity contribution in [2.24, 2.45) is 0 Å². The van der Waals surface area contributed by atoms with E-state index in [1.54, 1.807) is 0 Å². The summed E-state index contributed by atoms with van der Waals surface area (Å²) in [7, 11) is 0. The zero-order chi connectivity index (χ0) is 18.7. The van der Waals surface area contributed by atoms with Gasteiger partial charge in [-0.2, -0.15) is 0 Å². The van der Waals surface area contributed by atoms with E-state index in [0.717, 1.165) is 28.2 Å². The molecule has 0 unspecified atom stereocenters. The largest absolute Gasteiger partial charge is 0.256 e. The Morgan fingerprint density at radius 3 is 2.11 bits per heavy atom. The van der Waals surface area contributed by atoms with Crippen molar-refractivity contribution in [3.63, 3.8) is 0 Å². The fraction of sp³-hybridized carbons (Fsp3) is 0.120. The van der Waals surface area contributed by atoms with Gasteiger partial charge in [-0.3, -0.25) is 9.97 Å². The van der Waals surface area contributed by atoms with Crippen molar-refractivity contribution in [3.8, 4) is 22.5 Å². The second-order valence-electron chi connectivity index (χ2n) is 7.19. The predicted molar refractivity (Wildman–Crippen MR) is 111 cm³/mol. The Balaban J connectivity index is 1.74. The van der Waals surface area contributed by atoms with E-state index in [1.165, 1.54) is 5.56 Å². The molecule has 0 aliphatic carbocycles. The zero-order valence-corrected chi connectivity index (χ0v) is 15.6. The molecular weight excluding hydrogens is 328 g/mol. The Kier molecular flexibility index (Phi) is 4.55. The van der Waals surface area contributed by atoms with E-state index in [0.29, 0.717) is 0 Å². The van der Waals surface area contributed by atoms with Crippen LogP contribution in [0.2, 0.25) is 0 Å². The van der Waals surface area contributed by atoms with Crippen LogP contribution in [0.5, 0.6) is 0 Å². The Morgan fingerprint density at radius 2 is 1.33 bits per heavy atom. The molecule has 2 aromatic heterocycles. The third-order valence-electron chi connectivity index (χ3n) is 5.00. The van der Waals surface area contributed by atoms with Crippen LogP contribution < -0.4 is 0 Å². The first kappa shape index (κ1) is 17.2. The first-order chi connectivity index (χ1) is 13.1. The van der Waals surface area contributed by atoms with Crippen molar-refractivity contribution in [1.29, 1.82) is 0 Å². The van der Waals surface area contributed by atoms with Gasteiger partial charge in [0.15, 0.2) is 0 Å². The molecule has 0 radical (unpaired) electrons. The second kappa shape index (κ2) is 7.16. The molecule has 0 spiro atoms. The van der Waals surface area contributed by atoms with Crippen LogP contribution in [0, 0.1) is 0 Å². The lowest BCUT2D eigenvalue weighted by Crippen LogP contribution is -2.20. The summed E-state index contributed by atoms with van der Waals surface area (Å²) in [4.78, 5) is 9.46. The Hall–Kier alpha value is -3.26. The maximum absolute atomic E-state index is 4.98. The number of hydrogen-bond acceptors (Lipinski definition) is 2. The van der Waals surface area contributed by atoms with E-state index in [9.17, 15) is 0 Å². The highest BCUT2D eigenvalue weighted by atomic mass is 14.7. The highest BCUT2D eigenvalue weighted by molar-refractivity contribution is 5.62. The van der Waals surface area contributed by atoms with E-state index >= 15 is 0 Å². The van der Waals surface area contributed by atoms with Gasteiger partial charge in [0.25, 0.3) is 0 Å². The quantitative estimate of drug-likeness (QED) is 0.442. The highest BCUT2D eigenvalue weighted by Gasteiger charge is 2.25. The first-order valence-corrected chi connectivity index (χ1v) is 9.19. The third-order valence-corrected chi connectivity index (χ3v) is 5.00. The molecule has 0 aliphatic rings. The van der Waals surface area contributed by atoms with Crippen molar-refractivity contribution in [2.75, 3.05) is 0 Å². The van der Waals surface area contributed by atoms with E-state index in [4.69, 9.17) is 4.98 Å². The monoisotopic (exact) mass is 350 g/mol. The number of rotatable bonds is 4. The summed E-state index contributed by atoms with van der Waals surface area (Å²) in [6.45, 7) is 4.45. The van der Waals surface area contributed by atoms with Gasteiger partial charge in [-0.25, -0.2) is 0 Å². The molecular formula is C25H22N2. The van der Waals surface area contributed by atoms with Gasteiger partial charge in [-0.05, 0) is 35.9 Å². The molecule has 0 saturated carbocycles. The molecule has 2 nitrogen and oxygen atoms in total. The summed E-state index contributed by atoms with van der Waals surface area (Å²) in [6, 6.07) is 31.2. The van der Waals surface area contributed by atoms with Crippen LogP contribution in [0.15, 0.2) is 97.2 Å². The first-order valence-electron chi connectivity index (χ1n) is 9.19. The van der Waals surface area contributed by atoms with Crippen molar-refractivity contribution in [2.45, 2.75) is 19.3 Å². The molecule has 132 valence electrons. The molecule has 4 rings (SSSR count). The van der Waals surface area contributed by atoms with Crippen LogP contribution in [0.1, 0.15) is 25.1 Å². The number of hydrogen-bond donors (Lipinski definition) is 0. The molecule has 2 heteroatoms. The Bertz CT molecular complexity index is 953. The van der Waals surface area contributed by atoms with Gasteiger partial charge in [-0.1, -0.05) is 74.5 Å². The molecule has 27 heavy (non-hydrogen) atoms. The molecule has 0 aliphatic heterocycles. The summed E-state index contributed by atoms with van der Waals surface area (Å²) in [5.41, 5.74) is 6.32. The molecule has 0 N–H and O–H groups in total. The summed E-state index contributed by atoms with van der Waals surface area (Å²) >= 11 is 0. The lowest BCUT2D eigenvalue weighted by Gasteiger charge is -2.26. The van der Waals surface area contributed by atoms with Crippen molar-refractivity contribution >= 4 is 0 Å². The van der Waals surface area contributed by atoms with Crippen molar-refractivity contribution in [3.05, 3.63) is 108 Å². The van der Waals surface area contributed by atoms with Gasteiger partial charge in [0, 0.05) is 22.7 Å². The van der Waals surface area contributed by atoms with Crippen LogP contribution in [0.3, 0.4) is 0 Å². The normalized spacial score (nSPS) is 11.3. The smallest absolute Gasteiger partial charge is 0.0705 e. The van der Waals surface area contributed by atoms with Crippen molar-refractivity contribution < 1.29 is 0 Å². The topological polar surface area (TPSA) is 25.8 Å². The van der Waals surface area contributed by atoms with Crippen LogP contribution >= 0.6 is 0 Å². The predicted octanol–water partition coefficient (Wildman–Crippen LogP) is 6.14. The van der Waals surface area contributed by atoms with Crippen LogP contribution in [-0.4, -0.2) is 9.97 Å². The lowest BCUT2D eigenvalue weighted by molar-refractivity contribution is 0.618. The van der Waals surface area contributed by atoms with Crippen molar-refractivity contribution in [1.82, 2.24) is 9.97 Å². The number of aromatic nitrogens is 2. The van der Waals surface area contributed by atoms with E-state index in [-0.39, 0.29) is 5.41 Å². The molecule has 2 aromatic carbocycles. The molecule has 2 heterocycles. The average molecular weight is 350 g/mol. The fourth-order valence-corrected chi connectivity index (χ4v) is 3.30. The highest BCUT2D eigenvalue weighted by Crippen LogP contribution is 2.33. The number of nitrogens with zero attached hydrogens (tertiary/aromatic N) is 2. The lowest BCUT2D eigenvalue weighted by atomic mass is 9.80. The summed E-state index contributed by atoms with van der Waals surface area (Å²) in [5.74, 6) is 0. The molecule has 4 aromatic rings. The minimum Gasteiger partial charge on any atom is -0.256 e. The van der Waals surface area contributed by atoms with Gasteiger partial charge in [0.2, 0.25) is 0 Å². The standard InChI is InChI=1S/C25H22N2/c1-25(2,21-13-8-12-20(18-21)22-14-6-7-17-26-22)24-16-9-15-23(27-24)19-10-4-3-5-11-19/h3-18H,1-2H3. The summed E-state index contributed by atoms with van der Waals surface area (Å²) in [6.07, 6.45) is 1.83. The molecule has 0 atom stereocenters. The van der Waals surface area contributed by atoms with Crippen LogP contribution in [0.25, 0.3) is 22.5 Å². The fourth-order valence-electron chi connectivity index (χ4n) is 3.30. The average Bonchev–Trinajstić information content (AvgIpc) is 2.75. The Labute approximate surface area is 160 Å². The maximum atomic E-state index is 4.98. The number of pyridine rings is 2. The summed E-state index contributed by atoms with van der Waals surface area (Å²) in [5, 5.41) is 0. The Morgan fingerprint density at radius 1 is 0.630 bits per heavy atom. The third kappa shape index (κ3) is 3.52. The second-order valence-corrected chi connectivity index (χ2v) is 7.19. The molecule has 0 fully saturated rings. The molecule has 0 bridgehead atoms. The van der Waals surface area contributed by atoms with E-state index in [2.05, 4.69) is 73.4 Å². The SMILES string of the molecule is CC(C)(c1cccc(-c2ccccn2)c1)c1cccc(-c2ccccc2)n1. The van der Waals surface area contributed by atoms with Gasteiger partial charge in [0.1, 0.15) is 0 Å². The van der Waals surface area contributed by atoms with E-state index < -0.39 is 0 Å². The van der Waals surface area contributed by atoms with Gasteiger partial charge < -0.3 is 0 Å². The summed E-state index contributed by atoms with van der Waals surface area (Å²) < 4.78 is 0. The molecule has 0 saturated heterocycles. The van der Waals surface area contributed by atoms with E-state index in [1.807, 2.05) is 42.6 Å². The number of benzene rings is 2. The van der Waals surface area contributed by atoms with Gasteiger partial charge in [0.05, 0.1) is 17.1 Å². The maximum Gasteiger partial charge on any atom is 0.0705 e. The minimum atomic E-state index is -0.213. The van der Waals surface area contributed by atoms with Gasteiger partial charge >= 0.3 is 0 Å².